The number of benzene rings is 2. The summed E-state index contributed by atoms with van der Waals surface area (Å²) in [6, 6.07) is 16.5. The summed E-state index contributed by atoms with van der Waals surface area (Å²) in [6.07, 6.45) is -1.08. The maximum absolute atomic E-state index is 6.16. The van der Waals surface area contributed by atoms with E-state index in [1.807, 2.05) is 31.2 Å². The Bertz CT molecular complexity index is 710. The third kappa shape index (κ3) is 3.48. The van der Waals surface area contributed by atoms with Gasteiger partial charge >= 0.3 is 0 Å². The zero-order valence-electron chi connectivity index (χ0n) is 14.8. The van der Waals surface area contributed by atoms with Gasteiger partial charge in [-0.3, -0.25) is 0 Å². The standard InChI is InChI=1S/C21H24O4/c1-13-4-8-16(9-5-13)20-22-12-18-19(25-20)15(3)23-21(24-18)17-10-6-14(2)7-11-17/h4-11,15,18-21H,12H2,1-3H3. The molecule has 0 N–H and O–H groups in total. The minimum Gasteiger partial charge on any atom is -0.346 e. The Morgan fingerprint density at radius 3 is 1.88 bits per heavy atom. The predicted molar refractivity (Wildman–Crippen MR) is 94.1 cm³/mol. The summed E-state index contributed by atoms with van der Waals surface area (Å²) in [7, 11) is 0. The molecule has 0 spiro atoms. The lowest BCUT2D eigenvalue weighted by atomic mass is 10.0. The average Bonchev–Trinajstić information content (AvgIpc) is 2.63. The Labute approximate surface area is 148 Å². The lowest BCUT2D eigenvalue weighted by molar-refractivity contribution is -0.360. The molecular weight excluding hydrogens is 316 g/mol. The molecule has 4 nitrogen and oxygen atoms in total. The number of rotatable bonds is 2. The number of hydrogen-bond acceptors (Lipinski definition) is 4. The lowest BCUT2D eigenvalue weighted by Gasteiger charge is -2.45. The highest BCUT2D eigenvalue weighted by molar-refractivity contribution is 5.24. The number of hydrogen-bond donors (Lipinski definition) is 0. The van der Waals surface area contributed by atoms with E-state index < -0.39 is 0 Å². The molecule has 0 aromatic heterocycles. The summed E-state index contributed by atoms with van der Waals surface area (Å²) < 4.78 is 24.3. The molecule has 2 fully saturated rings. The molecule has 2 heterocycles. The molecule has 0 bridgehead atoms. The molecular formula is C21H24O4. The van der Waals surface area contributed by atoms with E-state index in [-0.39, 0.29) is 30.9 Å². The molecule has 2 aromatic carbocycles. The van der Waals surface area contributed by atoms with Crippen LogP contribution in [0.2, 0.25) is 0 Å². The third-order valence-electron chi connectivity index (χ3n) is 4.86. The zero-order chi connectivity index (χ0) is 17.4. The second-order valence-corrected chi connectivity index (χ2v) is 6.93. The molecule has 5 unspecified atom stereocenters. The van der Waals surface area contributed by atoms with Crippen molar-refractivity contribution >= 4 is 0 Å². The smallest absolute Gasteiger partial charge is 0.184 e. The molecule has 2 aliphatic rings. The molecule has 2 aromatic rings. The normalized spacial score (nSPS) is 32.2. The maximum Gasteiger partial charge on any atom is 0.184 e. The quantitative estimate of drug-likeness (QED) is 0.820. The molecule has 0 amide bonds. The summed E-state index contributed by atoms with van der Waals surface area (Å²) in [5.41, 5.74) is 4.49. The van der Waals surface area contributed by atoms with Crippen molar-refractivity contribution in [1.82, 2.24) is 0 Å². The Hall–Kier alpha value is -1.72. The first kappa shape index (κ1) is 16.7. The van der Waals surface area contributed by atoms with Gasteiger partial charge in [-0.2, -0.15) is 0 Å². The van der Waals surface area contributed by atoms with E-state index >= 15 is 0 Å². The van der Waals surface area contributed by atoms with Gasteiger partial charge in [0.1, 0.15) is 12.2 Å². The monoisotopic (exact) mass is 340 g/mol. The van der Waals surface area contributed by atoms with Crippen LogP contribution in [0.25, 0.3) is 0 Å². The lowest BCUT2D eigenvalue weighted by Crippen LogP contribution is -2.53. The fourth-order valence-corrected chi connectivity index (χ4v) is 3.32. The first-order valence-corrected chi connectivity index (χ1v) is 8.81. The summed E-state index contributed by atoms with van der Waals surface area (Å²) >= 11 is 0. The van der Waals surface area contributed by atoms with Gasteiger partial charge in [0.15, 0.2) is 12.6 Å². The Morgan fingerprint density at radius 1 is 0.720 bits per heavy atom. The van der Waals surface area contributed by atoms with Gasteiger partial charge in [-0.05, 0) is 20.8 Å². The van der Waals surface area contributed by atoms with Crippen molar-refractivity contribution in [3.8, 4) is 0 Å². The van der Waals surface area contributed by atoms with Crippen molar-refractivity contribution in [2.24, 2.45) is 0 Å². The van der Waals surface area contributed by atoms with Crippen LogP contribution in [0, 0.1) is 13.8 Å². The van der Waals surface area contributed by atoms with Gasteiger partial charge < -0.3 is 18.9 Å². The molecule has 4 rings (SSSR count). The van der Waals surface area contributed by atoms with Crippen molar-refractivity contribution in [3.05, 3.63) is 70.8 Å². The molecule has 4 heteroatoms. The molecule has 25 heavy (non-hydrogen) atoms. The van der Waals surface area contributed by atoms with Gasteiger partial charge in [0, 0.05) is 11.1 Å². The van der Waals surface area contributed by atoms with Crippen LogP contribution in [-0.2, 0) is 18.9 Å². The highest BCUT2D eigenvalue weighted by Gasteiger charge is 2.43. The predicted octanol–water partition coefficient (Wildman–Crippen LogP) is 4.22. The van der Waals surface area contributed by atoms with Gasteiger partial charge in [0.05, 0.1) is 12.7 Å². The van der Waals surface area contributed by atoms with E-state index in [0.29, 0.717) is 6.61 Å². The highest BCUT2D eigenvalue weighted by atomic mass is 16.8. The van der Waals surface area contributed by atoms with Crippen molar-refractivity contribution in [2.75, 3.05) is 6.61 Å². The van der Waals surface area contributed by atoms with E-state index in [0.717, 1.165) is 11.1 Å². The molecule has 2 aliphatic heterocycles. The number of aryl methyl sites for hydroxylation is 2. The van der Waals surface area contributed by atoms with E-state index in [4.69, 9.17) is 18.9 Å². The summed E-state index contributed by atoms with van der Waals surface area (Å²) in [5, 5.41) is 0. The highest BCUT2D eigenvalue weighted by Crippen LogP contribution is 2.37. The van der Waals surface area contributed by atoms with E-state index in [1.165, 1.54) is 11.1 Å². The van der Waals surface area contributed by atoms with Crippen molar-refractivity contribution < 1.29 is 18.9 Å². The van der Waals surface area contributed by atoms with Crippen LogP contribution in [0.3, 0.4) is 0 Å². The van der Waals surface area contributed by atoms with Crippen molar-refractivity contribution in [3.63, 3.8) is 0 Å². The fraction of sp³-hybridized carbons (Fsp3) is 0.429. The van der Waals surface area contributed by atoms with Crippen molar-refractivity contribution in [1.29, 1.82) is 0 Å². The largest absolute Gasteiger partial charge is 0.346 e. The second kappa shape index (κ2) is 6.89. The van der Waals surface area contributed by atoms with Crippen LogP contribution in [0.4, 0.5) is 0 Å². The summed E-state index contributed by atoms with van der Waals surface area (Å²) in [4.78, 5) is 0. The van der Waals surface area contributed by atoms with Gasteiger partial charge in [0.2, 0.25) is 0 Å². The van der Waals surface area contributed by atoms with Crippen LogP contribution < -0.4 is 0 Å². The number of fused-ring (bicyclic) bond motifs is 1. The van der Waals surface area contributed by atoms with Gasteiger partial charge in [-0.1, -0.05) is 59.7 Å². The Balaban J connectivity index is 1.46. The van der Waals surface area contributed by atoms with E-state index in [9.17, 15) is 0 Å². The Morgan fingerprint density at radius 2 is 1.28 bits per heavy atom. The second-order valence-electron chi connectivity index (χ2n) is 6.93. The van der Waals surface area contributed by atoms with Crippen LogP contribution in [0.15, 0.2) is 48.5 Å². The average molecular weight is 340 g/mol. The van der Waals surface area contributed by atoms with E-state index in [2.05, 4.69) is 38.1 Å². The summed E-state index contributed by atoms with van der Waals surface area (Å²) in [5.74, 6) is 0. The molecule has 5 atom stereocenters. The van der Waals surface area contributed by atoms with Crippen LogP contribution in [-0.4, -0.2) is 24.9 Å². The molecule has 0 radical (unpaired) electrons. The van der Waals surface area contributed by atoms with Gasteiger partial charge in [-0.25, -0.2) is 0 Å². The molecule has 0 aliphatic carbocycles. The van der Waals surface area contributed by atoms with Crippen LogP contribution in [0.1, 0.15) is 41.8 Å². The third-order valence-corrected chi connectivity index (χ3v) is 4.86. The minimum atomic E-state index is -0.375. The maximum atomic E-state index is 6.16. The van der Waals surface area contributed by atoms with Gasteiger partial charge in [-0.15, -0.1) is 0 Å². The zero-order valence-corrected chi connectivity index (χ0v) is 14.8. The van der Waals surface area contributed by atoms with Crippen molar-refractivity contribution in [2.45, 2.75) is 51.7 Å². The first-order chi connectivity index (χ1) is 12.1. The molecule has 0 saturated carbocycles. The topological polar surface area (TPSA) is 36.9 Å². The van der Waals surface area contributed by atoms with Crippen LogP contribution >= 0.6 is 0 Å². The van der Waals surface area contributed by atoms with Gasteiger partial charge in [0.25, 0.3) is 0 Å². The SMILES string of the molecule is Cc1ccc(C2OC(C)C3OC(c4ccc(C)cc4)OCC3O2)cc1. The Kier molecular flexibility index (Phi) is 4.61. The molecule has 132 valence electrons. The van der Waals surface area contributed by atoms with E-state index in [1.54, 1.807) is 0 Å². The fourth-order valence-electron chi connectivity index (χ4n) is 3.32. The minimum absolute atomic E-state index is 0.0677. The van der Waals surface area contributed by atoms with Crippen LogP contribution in [0.5, 0.6) is 0 Å². The summed E-state index contributed by atoms with van der Waals surface area (Å²) in [6.45, 7) is 6.68. The molecule has 2 saturated heterocycles. The number of ether oxygens (including phenoxy) is 4. The first-order valence-electron chi connectivity index (χ1n) is 8.81.